The van der Waals surface area contributed by atoms with Gasteiger partial charge >= 0.3 is 35.2 Å². The molecule has 5 aromatic rings. The number of aromatic nitrogens is 3. The Morgan fingerprint density at radius 3 is 2.12 bits per heavy atom. The Morgan fingerprint density at radius 2 is 1.53 bits per heavy atom. The first-order chi connectivity index (χ1) is 19.8. The molecule has 43 heavy (non-hydrogen) atoms. The number of benzene rings is 2. The number of fused-ring (bicyclic) bond motifs is 2. The van der Waals surface area contributed by atoms with Crippen LogP contribution in [-0.2, 0) is 14.4 Å². The van der Waals surface area contributed by atoms with Crippen LogP contribution in [0.5, 0.6) is 17.4 Å². The van der Waals surface area contributed by atoms with Crippen molar-refractivity contribution in [2.24, 2.45) is 4.99 Å². The van der Waals surface area contributed by atoms with Gasteiger partial charge in [0.25, 0.3) is 0 Å². The molecule has 3 aromatic heterocycles. The Morgan fingerprint density at radius 1 is 0.930 bits per heavy atom. The van der Waals surface area contributed by atoms with Crippen molar-refractivity contribution in [2.45, 2.75) is 13.5 Å². The number of hydrogen-bond donors (Lipinski definition) is 2. The number of aliphatic imine (C=N–C) groups is 1. The van der Waals surface area contributed by atoms with Crippen molar-refractivity contribution in [1.29, 1.82) is 0 Å². The molecule has 13 nitrogen and oxygen atoms in total. The summed E-state index contributed by atoms with van der Waals surface area (Å²) in [5.74, 6) is 1.21. The predicted octanol–water partition coefficient (Wildman–Crippen LogP) is 5.12. The first-order valence-corrected chi connectivity index (χ1v) is 14.5. The number of methoxy groups -OCH3 is 2. The summed E-state index contributed by atoms with van der Waals surface area (Å²) in [5, 5.41) is 23.3. The molecule has 2 aromatic carbocycles. The van der Waals surface area contributed by atoms with E-state index in [1.54, 1.807) is 43.8 Å². The number of aliphatic carboxylic acids is 1. The molecule has 0 fully saturated rings. The van der Waals surface area contributed by atoms with Crippen LogP contribution in [-0.4, -0.2) is 91.4 Å². The number of phenolic OH excluding ortho intramolecular Hbond substituents is 1. The SMILES string of the molecule is C.COc1ccc2nc(-c3nc(OC)cs3)sc2c1.O=C(O)C1CSC(c2nc3ccc(O)cc3s2)=N1.O=C=O.O=O.[Mg+2]. The van der Waals surface area contributed by atoms with Crippen LogP contribution in [0.15, 0.2) is 46.8 Å². The van der Waals surface area contributed by atoms with Crippen molar-refractivity contribution in [2.75, 3.05) is 20.0 Å². The second kappa shape index (κ2) is 18.2. The fourth-order valence-electron chi connectivity index (χ4n) is 3.20. The number of carbonyl (C=O) groups is 1. The molecule has 0 radical (unpaired) electrons. The first-order valence-electron chi connectivity index (χ1n) is 11.0. The van der Waals surface area contributed by atoms with Gasteiger partial charge in [-0.1, -0.05) is 7.43 Å². The van der Waals surface area contributed by atoms with Crippen LogP contribution in [0.3, 0.4) is 0 Å². The molecule has 0 saturated carbocycles. The number of carbonyl (C=O) groups excluding carboxylic acids is 2. The minimum atomic E-state index is -0.906. The van der Waals surface area contributed by atoms with E-state index in [1.165, 1.54) is 34.4 Å². The van der Waals surface area contributed by atoms with Gasteiger partial charge in [0.1, 0.15) is 21.6 Å². The van der Waals surface area contributed by atoms with Gasteiger partial charge in [-0.15, -0.1) is 45.8 Å². The molecule has 18 heteroatoms. The molecule has 1 aliphatic heterocycles. The third-order valence-electron chi connectivity index (χ3n) is 4.96. The number of hydrogen-bond acceptors (Lipinski definition) is 16. The van der Waals surface area contributed by atoms with E-state index >= 15 is 0 Å². The number of carboxylic acids is 1. The molecule has 0 aliphatic carbocycles. The quantitative estimate of drug-likeness (QED) is 0.233. The average Bonchev–Trinajstić information content (AvgIpc) is 3.78. The van der Waals surface area contributed by atoms with Gasteiger partial charge in [-0.05, 0) is 36.4 Å². The molecule has 1 unspecified atom stereocenters. The van der Waals surface area contributed by atoms with Crippen molar-refractivity contribution in [1.82, 2.24) is 15.0 Å². The van der Waals surface area contributed by atoms with Gasteiger partial charge in [0, 0.05) is 15.7 Å². The summed E-state index contributed by atoms with van der Waals surface area (Å²) in [4.78, 5) is 58.5. The van der Waals surface area contributed by atoms with Gasteiger partial charge in [-0.25, -0.2) is 14.8 Å². The normalized spacial score (nSPS) is 12.8. The minimum absolute atomic E-state index is 0. The van der Waals surface area contributed by atoms with E-state index in [0.29, 0.717) is 21.7 Å². The number of ether oxygens (including phenoxy) is 2. The van der Waals surface area contributed by atoms with E-state index in [1.807, 2.05) is 23.6 Å². The van der Waals surface area contributed by atoms with E-state index in [4.69, 9.17) is 34.1 Å². The molecular formula is C25H22MgN4O9S4+2. The van der Waals surface area contributed by atoms with E-state index in [2.05, 4.69) is 19.9 Å². The zero-order valence-electron chi connectivity index (χ0n) is 21.7. The molecule has 220 valence electrons. The summed E-state index contributed by atoms with van der Waals surface area (Å²) in [5.41, 5.74) is 1.75. The van der Waals surface area contributed by atoms with Gasteiger partial charge in [0.2, 0.25) is 5.88 Å². The smallest absolute Gasteiger partial charge is 0.508 e. The van der Waals surface area contributed by atoms with Crippen molar-refractivity contribution < 1.29 is 34.1 Å². The predicted molar refractivity (Wildman–Crippen MR) is 170 cm³/mol. The maximum atomic E-state index is 10.8. The number of nitrogens with zero attached hydrogens (tertiary/aromatic N) is 4. The van der Waals surface area contributed by atoms with Gasteiger partial charge in [-0.3, -0.25) is 4.99 Å². The molecule has 0 saturated heterocycles. The van der Waals surface area contributed by atoms with E-state index in [0.717, 1.165) is 36.2 Å². The monoisotopic (exact) mass is 674 g/mol. The second-order valence-electron chi connectivity index (χ2n) is 7.40. The Labute approximate surface area is 276 Å². The molecule has 1 atom stereocenters. The molecular weight excluding hydrogens is 653 g/mol. The Kier molecular flexibility index (Phi) is 15.9. The van der Waals surface area contributed by atoms with Crippen molar-refractivity contribution in [3.05, 3.63) is 56.7 Å². The van der Waals surface area contributed by atoms with Gasteiger partial charge in [0.05, 0.1) is 40.0 Å². The summed E-state index contributed by atoms with van der Waals surface area (Å²) in [7, 11) is 3.27. The second-order valence-corrected chi connectivity index (χ2v) is 11.3. The number of carboxylic acid groups (broad SMARTS) is 1. The zero-order valence-corrected chi connectivity index (χ0v) is 26.4. The number of thioether (sulfide) groups is 1. The van der Waals surface area contributed by atoms with Gasteiger partial charge in [-0.2, -0.15) is 14.6 Å². The third kappa shape index (κ3) is 9.75. The summed E-state index contributed by atoms with van der Waals surface area (Å²) in [6.07, 6.45) is 0.250. The van der Waals surface area contributed by atoms with Gasteiger partial charge in [0.15, 0.2) is 16.1 Å². The number of phenols is 1. The van der Waals surface area contributed by atoms with E-state index in [9.17, 15) is 9.90 Å². The Balaban J connectivity index is 0.000000360. The van der Waals surface area contributed by atoms with Crippen LogP contribution < -0.4 is 9.47 Å². The fraction of sp³-hybridized carbons (Fsp3) is 0.200. The summed E-state index contributed by atoms with van der Waals surface area (Å²) >= 11 is 5.95. The zero-order chi connectivity index (χ0) is 29.9. The molecule has 2 N–H and O–H groups in total. The van der Waals surface area contributed by atoms with E-state index < -0.39 is 12.0 Å². The number of aromatic hydroxyl groups is 1. The molecule has 4 heterocycles. The standard InChI is InChI=1S/C12H10N2O2S2.C11H8N2O3S2.CO2.CH4.Mg.O2/c1-15-7-3-4-8-9(5-7)18-12(13-8)11-14-10(16-2)6-17-11;14-5-1-2-6-8(3-5)18-10(12-6)9-13-7(4-17-9)11(15)16;2-1-3;;;1-2/h3-6H,1-2H3;1-3,7,14H,4H2,(H,15,16);;1H4;;/q;;;;+2;. The average molecular weight is 675 g/mol. The minimum Gasteiger partial charge on any atom is -0.508 e. The van der Waals surface area contributed by atoms with Crippen LogP contribution in [0.2, 0.25) is 0 Å². The van der Waals surface area contributed by atoms with Gasteiger partial charge < -0.3 is 19.7 Å². The maximum Gasteiger partial charge on any atom is 2.00 e. The Hall–Kier alpha value is -3.51. The van der Waals surface area contributed by atoms with Crippen LogP contribution in [0.25, 0.3) is 30.4 Å². The number of rotatable bonds is 5. The molecule has 6 rings (SSSR count). The largest absolute Gasteiger partial charge is 2.00 e. The first kappa shape index (κ1) is 37.5. The summed E-state index contributed by atoms with van der Waals surface area (Å²) < 4.78 is 12.3. The Bertz CT molecular complexity index is 1720. The van der Waals surface area contributed by atoms with Crippen LogP contribution in [0.1, 0.15) is 12.4 Å². The summed E-state index contributed by atoms with van der Waals surface area (Å²) in [6.45, 7) is 0. The topological polar surface area (TPSA) is 195 Å². The van der Waals surface area contributed by atoms with Crippen molar-refractivity contribution in [3.8, 4) is 27.4 Å². The molecule has 0 bridgehead atoms. The van der Waals surface area contributed by atoms with Crippen LogP contribution in [0.4, 0.5) is 0 Å². The molecule has 0 amide bonds. The molecule has 0 spiro atoms. The van der Waals surface area contributed by atoms with E-state index in [-0.39, 0.29) is 42.4 Å². The third-order valence-corrected chi connectivity index (χ3v) is 9.15. The number of thiazole rings is 3. The van der Waals surface area contributed by atoms with Crippen LogP contribution in [0, 0.1) is 9.93 Å². The van der Waals surface area contributed by atoms with Crippen molar-refractivity contribution >= 4 is 106 Å². The fourth-order valence-corrected chi connectivity index (χ4v) is 7.09. The maximum absolute atomic E-state index is 10.8. The van der Waals surface area contributed by atoms with Crippen LogP contribution >= 0.6 is 45.8 Å². The summed E-state index contributed by atoms with van der Waals surface area (Å²) in [6, 6.07) is 10.1. The van der Waals surface area contributed by atoms with Crippen molar-refractivity contribution in [3.63, 3.8) is 0 Å². The molecule has 1 aliphatic rings.